The number of nitrogens with zero attached hydrogens (tertiary/aromatic N) is 3. The Balaban J connectivity index is 1.91. The first-order valence-electron chi connectivity index (χ1n) is 6.93. The Kier molecular flexibility index (Phi) is 3.96. The van der Waals surface area contributed by atoms with E-state index in [9.17, 15) is 9.18 Å². The van der Waals surface area contributed by atoms with E-state index in [-0.39, 0.29) is 11.4 Å². The van der Waals surface area contributed by atoms with Crippen LogP contribution in [0.4, 0.5) is 4.39 Å². The van der Waals surface area contributed by atoms with Gasteiger partial charge in [0.05, 0.1) is 24.0 Å². The molecule has 0 saturated heterocycles. The van der Waals surface area contributed by atoms with E-state index in [0.717, 1.165) is 10.6 Å². The highest BCUT2D eigenvalue weighted by atomic mass is 32.1. The van der Waals surface area contributed by atoms with E-state index < -0.39 is 5.97 Å². The van der Waals surface area contributed by atoms with Gasteiger partial charge in [0.25, 0.3) is 0 Å². The molecule has 3 rings (SSSR count). The van der Waals surface area contributed by atoms with Crippen LogP contribution in [0.15, 0.2) is 30.6 Å². The normalized spacial score (nSPS) is 10.9. The van der Waals surface area contributed by atoms with Gasteiger partial charge in [-0.05, 0) is 25.5 Å². The van der Waals surface area contributed by atoms with Crippen molar-refractivity contribution in [3.8, 4) is 10.6 Å². The molecular weight excluding hydrogens is 317 g/mol. The number of thiazole rings is 1. The molecule has 2 heterocycles. The molecule has 118 valence electrons. The van der Waals surface area contributed by atoms with Crippen LogP contribution in [0.25, 0.3) is 10.6 Å². The summed E-state index contributed by atoms with van der Waals surface area (Å²) in [5, 5.41) is 13.5. The monoisotopic (exact) mass is 331 g/mol. The van der Waals surface area contributed by atoms with Crippen molar-refractivity contribution in [3.05, 3.63) is 58.1 Å². The Bertz CT molecular complexity index is 885. The third kappa shape index (κ3) is 3.00. The summed E-state index contributed by atoms with van der Waals surface area (Å²) < 4.78 is 15.7. The average molecular weight is 331 g/mol. The molecule has 0 aliphatic carbocycles. The van der Waals surface area contributed by atoms with Gasteiger partial charge in [0, 0.05) is 16.6 Å². The molecule has 0 spiro atoms. The minimum atomic E-state index is -1.02. The standard InChI is InChI=1S/C16H14FN3O2S/c1-9-4-3-5-12(14(9)17)15-19-13(10(2)23-15)8-20-7-11(6-18-20)16(21)22/h3-7H,8H2,1-2H3,(H,21,22). The van der Waals surface area contributed by atoms with Gasteiger partial charge in [0.15, 0.2) is 0 Å². The van der Waals surface area contributed by atoms with Gasteiger partial charge >= 0.3 is 5.97 Å². The number of benzene rings is 1. The summed E-state index contributed by atoms with van der Waals surface area (Å²) in [6, 6.07) is 5.23. The van der Waals surface area contributed by atoms with Gasteiger partial charge in [-0.2, -0.15) is 5.10 Å². The largest absolute Gasteiger partial charge is 0.478 e. The molecule has 0 fully saturated rings. The SMILES string of the molecule is Cc1cccc(-c2nc(Cn3cc(C(=O)O)cn3)c(C)s2)c1F. The maximum Gasteiger partial charge on any atom is 0.338 e. The van der Waals surface area contributed by atoms with Crippen molar-refractivity contribution in [3.63, 3.8) is 0 Å². The topological polar surface area (TPSA) is 68.0 Å². The molecule has 0 radical (unpaired) electrons. The van der Waals surface area contributed by atoms with E-state index in [1.807, 2.05) is 6.92 Å². The maximum atomic E-state index is 14.2. The van der Waals surface area contributed by atoms with Gasteiger partial charge in [-0.25, -0.2) is 14.2 Å². The van der Waals surface area contributed by atoms with Gasteiger partial charge < -0.3 is 5.11 Å². The molecule has 0 unspecified atom stereocenters. The molecule has 2 aromatic heterocycles. The Morgan fingerprint density at radius 2 is 2.17 bits per heavy atom. The van der Waals surface area contributed by atoms with Crippen LogP contribution in [-0.4, -0.2) is 25.8 Å². The fourth-order valence-electron chi connectivity index (χ4n) is 2.22. The molecule has 0 aliphatic heterocycles. The highest BCUT2D eigenvalue weighted by Crippen LogP contribution is 2.30. The zero-order chi connectivity index (χ0) is 16.6. The summed E-state index contributed by atoms with van der Waals surface area (Å²) in [5.41, 5.74) is 1.94. The minimum absolute atomic E-state index is 0.128. The number of carboxylic acids is 1. The van der Waals surface area contributed by atoms with E-state index in [2.05, 4.69) is 10.1 Å². The Hall–Kier alpha value is -2.54. The van der Waals surface area contributed by atoms with Gasteiger partial charge in [0.1, 0.15) is 10.8 Å². The lowest BCUT2D eigenvalue weighted by Crippen LogP contribution is -2.02. The smallest absolute Gasteiger partial charge is 0.338 e. The van der Waals surface area contributed by atoms with E-state index in [0.29, 0.717) is 22.7 Å². The van der Waals surface area contributed by atoms with Crippen LogP contribution in [0.2, 0.25) is 0 Å². The number of rotatable bonds is 4. The van der Waals surface area contributed by atoms with Gasteiger partial charge in [-0.3, -0.25) is 4.68 Å². The number of aromatic nitrogens is 3. The quantitative estimate of drug-likeness (QED) is 0.794. The predicted octanol–water partition coefficient (Wildman–Crippen LogP) is 3.51. The van der Waals surface area contributed by atoms with Crippen LogP contribution >= 0.6 is 11.3 Å². The average Bonchev–Trinajstić information content (AvgIpc) is 3.10. The number of aromatic carboxylic acids is 1. The summed E-state index contributed by atoms with van der Waals surface area (Å²) in [6.45, 7) is 3.98. The summed E-state index contributed by atoms with van der Waals surface area (Å²) in [5.74, 6) is -1.28. The number of halogens is 1. The molecule has 0 saturated carbocycles. The third-order valence-electron chi connectivity index (χ3n) is 3.51. The Labute approximate surface area is 136 Å². The summed E-state index contributed by atoms with van der Waals surface area (Å²) in [7, 11) is 0. The van der Waals surface area contributed by atoms with Gasteiger partial charge in [0.2, 0.25) is 0 Å². The van der Waals surface area contributed by atoms with Crippen molar-refractivity contribution in [2.24, 2.45) is 0 Å². The van der Waals surface area contributed by atoms with Gasteiger partial charge in [-0.15, -0.1) is 11.3 Å². The second-order valence-electron chi connectivity index (χ2n) is 5.19. The van der Waals surface area contributed by atoms with Crippen molar-refractivity contribution < 1.29 is 14.3 Å². The molecule has 7 heteroatoms. The highest BCUT2D eigenvalue weighted by molar-refractivity contribution is 7.15. The van der Waals surface area contributed by atoms with Crippen LogP contribution in [0.1, 0.15) is 26.5 Å². The van der Waals surface area contributed by atoms with Crippen molar-refractivity contribution in [2.45, 2.75) is 20.4 Å². The highest BCUT2D eigenvalue weighted by Gasteiger charge is 2.15. The van der Waals surface area contributed by atoms with Gasteiger partial charge in [-0.1, -0.05) is 12.1 Å². The van der Waals surface area contributed by atoms with Crippen molar-refractivity contribution in [1.29, 1.82) is 0 Å². The van der Waals surface area contributed by atoms with Crippen LogP contribution in [0.5, 0.6) is 0 Å². The molecule has 0 bridgehead atoms. The summed E-state index contributed by atoms with van der Waals surface area (Å²) >= 11 is 1.41. The molecular formula is C16H14FN3O2S. The molecule has 0 atom stereocenters. The van der Waals surface area contributed by atoms with Crippen molar-refractivity contribution in [1.82, 2.24) is 14.8 Å². The number of hydrogen-bond donors (Lipinski definition) is 1. The van der Waals surface area contributed by atoms with Crippen LogP contribution in [-0.2, 0) is 6.54 Å². The molecule has 1 aromatic carbocycles. The fraction of sp³-hybridized carbons (Fsp3) is 0.188. The Morgan fingerprint density at radius 1 is 1.39 bits per heavy atom. The molecule has 3 aromatic rings. The zero-order valence-electron chi connectivity index (χ0n) is 12.6. The minimum Gasteiger partial charge on any atom is -0.478 e. The van der Waals surface area contributed by atoms with E-state index in [1.54, 1.807) is 25.1 Å². The second-order valence-corrected chi connectivity index (χ2v) is 6.39. The second kappa shape index (κ2) is 5.92. The lowest BCUT2D eigenvalue weighted by atomic mass is 10.1. The van der Waals surface area contributed by atoms with Crippen molar-refractivity contribution >= 4 is 17.3 Å². The molecule has 1 N–H and O–H groups in total. The number of aryl methyl sites for hydroxylation is 2. The van der Waals surface area contributed by atoms with Crippen LogP contribution in [0, 0.1) is 19.7 Å². The van der Waals surface area contributed by atoms with E-state index >= 15 is 0 Å². The number of hydrogen-bond acceptors (Lipinski definition) is 4. The van der Waals surface area contributed by atoms with Crippen LogP contribution in [0.3, 0.4) is 0 Å². The van der Waals surface area contributed by atoms with E-state index in [1.165, 1.54) is 28.4 Å². The number of carbonyl (C=O) groups is 1. The first kappa shape index (κ1) is 15.4. The molecule has 0 aliphatic rings. The summed E-state index contributed by atoms with van der Waals surface area (Å²) in [4.78, 5) is 16.3. The summed E-state index contributed by atoms with van der Waals surface area (Å²) in [6.07, 6.45) is 2.75. The van der Waals surface area contributed by atoms with Crippen molar-refractivity contribution in [2.75, 3.05) is 0 Å². The third-order valence-corrected chi connectivity index (χ3v) is 4.55. The zero-order valence-corrected chi connectivity index (χ0v) is 13.4. The predicted molar refractivity (Wildman–Crippen MR) is 85.3 cm³/mol. The lowest BCUT2D eigenvalue weighted by molar-refractivity contribution is 0.0697. The molecule has 5 nitrogen and oxygen atoms in total. The number of carboxylic acid groups (broad SMARTS) is 1. The van der Waals surface area contributed by atoms with E-state index in [4.69, 9.17) is 5.11 Å². The molecule has 0 amide bonds. The lowest BCUT2D eigenvalue weighted by Gasteiger charge is -2.01. The van der Waals surface area contributed by atoms with Crippen LogP contribution < -0.4 is 0 Å². The maximum absolute atomic E-state index is 14.2. The Morgan fingerprint density at radius 3 is 2.87 bits per heavy atom. The first-order chi connectivity index (χ1) is 11.0. The first-order valence-corrected chi connectivity index (χ1v) is 7.75. The molecule has 23 heavy (non-hydrogen) atoms. The fourth-order valence-corrected chi connectivity index (χ4v) is 3.16.